The van der Waals surface area contributed by atoms with E-state index < -0.39 is 0 Å². The highest BCUT2D eigenvalue weighted by atomic mass is 35.5. The van der Waals surface area contributed by atoms with Crippen LogP contribution in [0.5, 0.6) is 11.5 Å². The zero-order valence-electron chi connectivity index (χ0n) is 31.4. The summed E-state index contributed by atoms with van der Waals surface area (Å²) in [5, 5.41) is 10.2. The van der Waals surface area contributed by atoms with Crippen LogP contribution in [0, 0.1) is 0 Å². The topological polar surface area (TPSA) is 18.5 Å². The van der Waals surface area contributed by atoms with E-state index in [0.29, 0.717) is 23.3 Å². The van der Waals surface area contributed by atoms with Gasteiger partial charge in [-0.2, -0.15) is 0 Å². The molecule has 0 radical (unpaired) electrons. The van der Waals surface area contributed by atoms with E-state index in [2.05, 4.69) is 86.6 Å². The summed E-state index contributed by atoms with van der Waals surface area (Å²) in [4.78, 5) is 0. The van der Waals surface area contributed by atoms with E-state index in [1.165, 1.54) is 89.9 Å². The lowest BCUT2D eigenvalue weighted by Crippen LogP contribution is -2.01. The summed E-state index contributed by atoms with van der Waals surface area (Å²) in [6, 6.07) is 29.8. The molecule has 52 heavy (non-hydrogen) atoms. The lowest BCUT2D eigenvalue weighted by Gasteiger charge is -2.22. The minimum Gasteiger partial charge on any atom is -0.492 e. The minimum absolute atomic E-state index is 0.697. The van der Waals surface area contributed by atoms with Gasteiger partial charge in [-0.1, -0.05) is 175 Å². The van der Waals surface area contributed by atoms with Gasteiger partial charge in [0.15, 0.2) is 0 Å². The van der Waals surface area contributed by atoms with Crippen LogP contribution >= 0.6 is 23.2 Å². The van der Waals surface area contributed by atoms with Crippen molar-refractivity contribution in [2.24, 2.45) is 0 Å². The molecule has 0 amide bonds. The van der Waals surface area contributed by atoms with Gasteiger partial charge in [-0.15, -0.1) is 0 Å². The second kappa shape index (κ2) is 19.6. The number of halogens is 2. The number of hydrogen-bond donors (Lipinski definition) is 0. The molecule has 2 nitrogen and oxygen atoms in total. The Kier molecular flexibility index (Phi) is 14.4. The van der Waals surface area contributed by atoms with Crippen LogP contribution in [0.1, 0.15) is 117 Å². The molecule has 0 atom stereocenters. The van der Waals surface area contributed by atoms with E-state index >= 15 is 0 Å². The number of ether oxygens (including phenoxy) is 2. The smallest absolute Gasteiger partial charge is 0.134 e. The van der Waals surface area contributed by atoms with Gasteiger partial charge in [0.25, 0.3) is 0 Å². The molecular weight excluding hydrogens is 679 g/mol. The van der Waals surface area contributed by atoms with Gasteiger partial charge in [0.1, 0.15) is 11.5 Å². The zero-order chi connectivity index (χ0) is 36.1. The maximum atomic E-state index is 6.82. The second-order valence-corrected chi connectivity index (χ2v) is 15.4. The molecule has 0 bridgehead atoms. The maximum Gasteiger partial charge on any atom is 0.134 e. The third-order valence-electron chi connectivity index (χ3n) is 10.6. The Hall–Kier alpha value is -3.46. The summed E-state index contributed by atoms with van der Waals surface area (Å²) in [6.07, 6.45) is 20.3. The van der Waals surface area contributed by atoms with Gasteiger partial charge >= 0.3 is 0 Å². The number of fused-ring (bicyclic) bond motifs is 4. The van der Waals surface area contributed by atoms with Crippen molar-refractivity contribution in [1.29, 1.82) is 0 Å². The maximum absolute atomic E-state index is 6.82. The first-order valence-electron chi connectivity index (χ1n) is 20.2. The minimum atomic E-state index is 0.697. The van der Waals surface area contributed by atoms with Gasteiger partial charge in [-0.3, -0.25) is 0 Å². The normalized spacial score (nSPS) is 11.7. The molecule has 0 aliphatic carbocycles. The van der Waals surface area contributed by atoms with Crippen molar-refractivity contribution in [3.63, 3.8) is 0 Å². The van der Waals surface area contributed by atoms with E-state index in [-0.39, 0.29) is 0 Å². The summed E-state index contributed by atoms with van der Waals surface area (Å²) in [5.74, 6) is 1.87. The Bertz CT molecular complexity index is 1920. The summed E-state index contributed by atoms with van der Waals surface area (Å²) >= 11 is 13.6. The Morgan fingerprint density at radius 2 is 0.692 bits per heavy atom. The van der Waals surface area contributed by atoms with E-state index in [0.717, 1.165) is 78.6 Å². The molecule has 0 heterocycles. The highest BCUT2D eigenvalue weighted by Crippen LogP contribution is 2.50. The van der Waals surface area contributed by atoms with Crippen molar-refractivity contribution in [3.05, 3.63) is 95.0 Å². The highest BCUT2D eigenvalue weighted by Gasteiger charge is 2.23. The first-order valence-corrected chi connectivity index (χ1v) is 20.9. The first-order chi connectivity index (χ1) is 25.6. The monoisotopic (exact) mass is 734 g/mol. The fraction of sp³-hybridized carbons (Fsp3) is 0.417. The molecule has 6 aromatic rings. The van der Waals surface area contributed by atoms with Crippen molar-refractivity contribution in [2.75, 3.05) is 13.2 Å². The quantitative estimate of drug-likeness (QED) is 0.0541. The van der Waals surface area contributed by atoms with Crippen molar-refractivity contribution < 1.29 is 9.47 Å². The fourth-order valence-electron chi connectivity index (χ4n) is 7.89. The summed E-state index contributed by atoms with van der Waals surface area (Å²) < 4.78 is 13.5. The summed E-state index contributed by atoms with van der Waals surface area (Å²) in [7, 11) is 0. The predicted octanol–water partition coefficient (Wildman–Crippen LogP) is 16.3. The number of unbranched alkanes of at least 4 members (excludes halogenated alkanes) is 14. The standard InChI is InChI=1S/C48H56Cl2O2/c1-3-5-7-9-11-13-15-21-31-51-47-39-25-19-17-23-37(39)45(43-33-35(49)27-29-41(43)47)46-38-24-18-20-26-40(38)48(42-30-28-36(50)34-44(42)46)52-32-22-16-14-12-10-8-6-4-2/h17-20,23-30,33-34H,3-16,21-22,31-32H2,1-2H3. The van der Waals surface area contributed by atoms with Crippen LogP contribution in [0.4, 0.5) is 0 Å². The van der Waals surface area contributed by atoms with E-state index in [4.69, 9.17) is 32.7 Å². The highest BCUT2D eigenvalue weighted by molar-refractivity contribution is 6.34. The Balaban J connectivity index is 1.38. The molecule has 0 aliphatic rings. The number of benzene rings is 6. The molecule has 0 saturated carbocycles. The molecule has 4 heteroatoms. The summed E-state index contributed by atoms with van der Waals surface area (Å²) in [5.41, 5.74) is 2.29. The molecule has 0 aliphatic heterocycles. The van der Waals surface area contributed by atoms with Gasteiger partial charge < -0.3 is 9.47 Å². The first kappa shape index (κ1) is 38.3. The molecule has 274 valence electrons. The van der Waals surface area contributed by atoms with Crippen LogP contribution in [-0.4, -0.2) is 13.2 Å². The molecule has 0 unspecified atom stereocenters. The molecule has 0 spiro atoms. The predicted molar refractivity (Wildman–Crippen MR) is 228 cm³/mol. The molecule has 0 N–H and O–H groups in total. The van der Waals surface area contributed by atoms with Crippen molar-refractivity contribution >= 4 is 66.3 Å². The zero-order valence-corrected chi connectivity index (χ0v) is 32.9. The molecule has 6 aromatic carbocycles. The van der Waals surface area contributed by atoms with Crippen LogP contribution in [0.3, 0.4) is 0 Å². The molecule has 6 rings (SSSR count). The fourth-order valence-corrected chi connectivity index (χ4v) is 8.24. The van der Waals surface area contributed by atoms with E-state index in [9.17, 15) is 0 Å². The van der Waals surface area contributed by atoms with Gasteiger partial charge in [0.05, 0.1) is 13.2 Å². The second-order valence-electron chi connectivity index (χ2n) is 14.5. The number of hydrogen-bond acceptors (Lipinski definition) is 2. The van der Waals surface area contributed by atoms with E-state index in [1.807, 2.05) is 12.1 Å². The van der Waals surface area contributed by atoms with Crippen LogP contribution in [-0.2, 0) is 0 Å². The van der Waals surface area contributed by atoms with Gasteiger partial charge in [-0.05, 0) is 81.9 Å². The third-order valence-corrected chi connectivity index (χ3v) is 11.1. The Morgan fingerprint density at radius 3 is 1.08 bits per heavy atom. The SMILES string of the molecule is CCCCCCCCCCOc1c2ccccc2c(-c2c3ccccc3c(OCCCCCCCCCC)c3ccc(Cl)cc23)c2cc(Cl)ccc12. The van der Waals surface area contributed by atoms with Gasteiger partial charge in [0, 0.05) is 31.6 Å². The molecule has 0 aromatic heterocycles. The molecule has 0 fully saturated rings. The van der Waals surface area contributed by atoms with Crippen molar-refractivity contribution in [2.45, 2.75) is 117 Å². The average molecular weight is 736 g/mol. The van der Waals surface area contributed by atoms with Crippen LogP contribution in [0.15, 0.2) is 84.9 Å². The van der Waals surface area contributed by atoms with Crippen molar-refractivity contribution in [3.8, 4) is 22.6 Å². The average Bonchev–Trinajstić information content (AvgIpc) is 3.16. The van der Waals surface area contributed by atoms with Gasteiger partial charge in [-0.25, -0.2) is 0 Å². The third kappa shape index (κ3) is 9.18. The number of rotatable bonds is 21. The van der Waals surface area contributed by atoms with Crippen molar-refractivity contribution in [1.82, 2.24) is 0 Å². The lowest BCUT2D eigenvalue weighted by molar-refractivity contribution is 0.311. The van der Waals surface area contributed by atoms with Crippen LogP contribution in [0.2, 0.25) is 10.0 Å². The summed E-state index contributed by atoms with van der Waals surface area (Å²) in [6.45, 7) is 5.94. The van der Waals surface area contributed by atoms with E-state index in [1.54, 1.807) is 0 Å². The Labute approximate surface area is 321 Å². The lowest BCUT2D eigenvalue weighted by atomic mass is 9.85. The van der Waals surface area contributed by atoms with Gasteiger partial charge in [0.2, 0.25) is 0 Å². The molecular formula is C48H56Cl2O2. The largest absolute Gasteiger partial charge is 0.492 e. The molecule has 0 saturated heterocycles. The van der Waals surface area contributed by atoms with Crippen LogP contribution in [0.25, 0.3) is 54.2 Å². The Morgan fingerprint density at radius 1 is 0.365 bits per heavy atom. The van der Waals surface area contributed by atoms with Crippen LogP contribution < -0.4 is 9.47 Å².